The quantitative estimate of drug-likeness (QED) is 0.498. The average molecular weight is 459 g/mol. The first-order valence-corrected chi connectivity index (χ1v) is 10.4. The molecule has 1 amide bonds. The van der Waals surface area contributed by atoms with E-state index < -0.39 is 35.8 Å². The number of carbonyl (C=O) groups excluding carboxylic acids is 1. The summed E-state index contributed by atoms with van der Waals surface area (Å²) in [5.41, 5.74) is -0.169. The van der Waals surface area contributed by atoms with Crippen LogP contribution in [-0.2, 0) is 5.41 Å². The molecule has 3 aromatic rings. The molecule has 0 bridgehead atoms. The molecule has 1 saturated carbocycles. The van der Waals surface area contributed by atoms with Crippen LogP contribution in [0.25, 0.3) is 11.3 Å². The summed E-state index contributed by atoms with van der Waals surface area (Å²) in [5.74, 6) is -1.27. The number of carbonyl (C=O) groups is 1. The van der Waals surface area contributed by atoms with Crippen molar-refractivity contribution in [1.82, 2.24) is 20.5 Å². The number of amides is 1. The van der Waals surface area contributed by atoms with Crippen LogP contribution in [0.5, 0.6) is 0 Å². The van der Waals surface area contributed by atoms with E-state index in [2.05, 4.69) is 25.8 Å². The van der Waals surface area contributed by atoms with E-state index in [4.69, 9.17) is 0 Å². The molecule has 2 N–H and O–H groups in total. The first-order valence-electron chi connectivity index (χ1n) is 10.4. The molecule has 2 heterocycles. The Labute approximate surface area is 187 Å². The molecule has 0 saturated heterocycles. The predicted octanol–water partition coefficient (Wildman–Crippen LogP) is 4.00. The zero-order chi connectivity index (χ0) is 23.4. The van der Waals surface area contributed by atoms with Crippen molar-refractivity contribution in [3.05, 3.63) is 71.6 Å². The Morgan fingerprint density at radius 2 is 1.91 bits per heavy atom. The minimum absolute atomic E-state index is 0.0632. The third kappa shape index (κ3) is 4.79. The fraction of sp³-hybridized carbons (Fsp3) is 0.304. The fourth-order valence-electron chi connectivity index (χ4n) is 3.94. The standard InChI is InChI=1S/C23H21F4N5O/c24-7-9-29-22(33)14-3-4-17(26)16(10-14)19-5-6-20(32-31-19)30-13-23(11-15(25)12-23)21-18(27)2-1-8-28-21/h1-6,8,10,15H,7,9,11-13H2,(H,29,33)(H,30,32)/t15-,23-. The Bertz CT molecular complexity index is 1140. The normalized spacial score (nSPS) is 19.6. The third-order valence-corrected chi connectivity index (χ3v) is 5.64. The SMILES string of the molecule is O=C(NCCF)c1ccc(F)c(-c2ccc(NC[C@]3(c4ncccc4F)C[C@H](F)C3)nn2)c1. The van der Waals surface area contributed by atoms with Gasteiger partial charge in [0.1, 0.15) is 30.3 Å². The predicted molar refractivity (Wildman–Crippen MR) is 114 cm³/mol. The summed E-state index contributed by atoms with van der Waals surface area (Å²) in [6.45, 7) is -0.646. The van der Waals surface area contributed by atoms with Crippen molar-refractivity contribution in [2.24, 2.45) is 0 Å². The van der Waals surface area contributed by atoms with Crippen LogP contribution in [0, 0.1) is 11.6 Å². The highest BCUT2D eigenvalue weighted by atomic mass is 19.1. The molecule has 0 spiro atoms. The van der Waals surface area contributed by atoms with E-state index in [0.29, 0.717) is 5.82 Å². The first-order chi connectivity index (χ1) is 15.9. The van der Waals surface area contributed by atoms with Gasteiger partial charge >= 0.3 is 0 Å². The van der Waals surface area contributed by atoms with Crippen LogP contribution in [0.2, 0.25) is 0 Å². The average Bonchev–Trinajstić information content (AvgIpc) is 2.80. The van der Waals surface area contributed by atoms with Gasteiger partial charge in [0.2, 0.25) is 0 Å². The van der Waals surface area contributed by atoms with Crippen LogP contribution in [0.4, 0.5) is 23.4 Å². The van der Waals surface area contributed by atoms with Gasteiger partial charge in [0, 0.05) is 35.8 Å². The highest BCUT2D eigenvalue weighted by molar-refractivity contribution is 5.95. The number of halogens is 4. The van der Waals surface area contributed by atoms with Crippen molar-refractivity contribution in [2.45, 2.75) is 24.4 Å². The summed E-state index contributed by atoms with van der Waals surface area (Å²) >= 11 is 0. The molecule has 33 heavy (non-hydrogen) atoms. The van der Waals surface area contributed by atoms with E-state index >= 15 is 0 Å². The Balaban J connectivity index is 1.49. The number of aromatic nitrogens is 3. The number of hydrogen-bond donors (Lipinski definition) is 2. The van der Waals surface area contributed by atoms with Gasteiger partial charge < -0.3 is 10.6 Å². The zero-order valence-electron chi connectivity index (χ0n) is 17.5. The van der Waals surface area contributed by atoms with E-state index in [1.165, 1.54) is 36.5 Å². The lowest BCUT2D eigenvalue weighted by atomic mass is 9.65. The molecule has 0 unspecified atom stereocenters. The molecule has 1 aromatic carbocycles. The summed E-state index contributed by atoms with van der Waals surface area (Å²) in [4.78, 5) is 16.1. The number of alkyl halides is 2. The minimum Gasteiger partial charge on any atom is -0.368 e. The summed E-state index contributed by atoms with van der Waals surface area (Å²) in [6.07, 6.45) is 0.726. The number of nitrogens with zero attached hydrogens (tertiary/aromatic N) is 3. The molecule has 1 aliphatic carbocycles. The number of benzene rings is 1. The van der Waals surface area contributed by atoms with Gasteiger partial charge in [-0.25, -0.2) is 17.6 Å². The van der Waals surface area contributed by atoms with Gasteiger partial charge in [0.25, 0.3) is 5.91 Å². The third-order valence-electron chi connectivity index (χ3n) is 5.64. The Morgan fingerprint density at radius 1 is 1.09 bits per heavy atom. The minimum atomic E-state index is -1.03. The van der Waals surface area contributed by atoms with Gasteiger partial charge in [-0.1, -0.05) is 0 Å². The summed E-state index contributed by atoms with van der Waals surface area (Å²) in [5, 5.41) is 13.5. The molecule has 4 rings (SSSR count). The second-order valence-corrected chi connectivity index (χ2v) is 7.92. The molecule has 10 heteroatoms. The lowest BCUT2D eigenvalue weighted by Crippen LogP contribution is -2.49. The van der Waals surface area contributed by atoms with E-state index in [1.807, 2.05) is 0 Å². The number of pyridine rings is 1. The van der Waals surface area contributed by atoms with E-state index in [9.17, 15) is 22.4 Å². The molecule has 6 nitrogen and oxygen atoms in total. The van der Waals surface area contributed by atoms with Crippen molar-refractivity contribution in [3.8, 4) is 11.3 Å². The van der Waals surface area contributed by atoms with Gasteiger partial charge in [-0.2, -0.15) is 0 Å². The zero-order valence-corrected chi connectivity index (χ0v) is 17.5. The fourth-order valence-corrected chi connectivity index (χ4v) is 3.94. The number of nitrogens with one attached hydrogen (secondary N) is 2. The lowest BCUT2D eigenvalue weighted by molar-refractivity contribution is 0.0949. The van der Waals surface area contributed by atoms with Crippen molar-refractivity contribution in [3.63, 3.8) is 0 Å². The first kappa shape index (κ1) is 22.6. The molecule has 0 radical (unpaired) electrons. The smallest absolute Gasteiger partial charge is 0.251 e. The Hall–Kier alpha value is -3.56. The van der Waals surface area contributed by atoms with Crippen LogP contribution < -0.4 is 10.6 Å². The second kappa shape index (κ2) is 9.51. The topological polar surface area (TPSA) is 79.8 Å². The highest BCUT2D eigenvalue weighted by Gasteiger charge is 2.48. The van der Waals surface area contributed by atoms with E-state index in [0.717, 1.165) is 6.07 Å². The van der Waals surface area contributed by atoms with E-state index in [1.54, 1.807) is 6.07 Å². The van der Waals surface area contributed by atoms with Crippen LogP contribution >= 0.6 is 0 Å². The summed E-state index contributed by atoms with van der Waals surface area (Å²) in [7, 11) is 0. The van der Waals surface area contributed by atoms with Crippen LogP contribution in [0.15, 0.2) is 48.7 Å². The second-order valence-electron chi connectivity index (χ2n) is 7.92. The van der Waals surface area contributed by atoms with Gasteiger partial charge in [-0.05, 0) is 55.3 Å². The Morgan fingerprint density at radius 3 is 2.58 bits per heavy atom. The molecule has 0 aliphatic heterocycles. The van der Waals surface area contributed by atoms with Crippen molar-refractivity contribution >= 4 is 11.7 Å². The monoisotopic (exact) mass is 459 g/mol. The molecule has 1 aliphatic rings. The maximum absolute atomic E-state index is 14.3. The lowest BCUT2D eigenvalue weighted by Gasteiger charge is -2.44. The summed E-state index contributed by atoms with van der Waals surface area (Å²) in [6, 6.07) is 9.59. The van der Waals surface area contributed by atoms with Gasteiger partial charge in [-0.15, -0.1) is 10.2 Å². The number of anilines is 1. The van der Waals surface area contributed by atoms with Crippen molar-refractivity contribution < 1.29 is 22.4 Å². The number of hydrogen-bond acceptors (Lipinski definition) is 5. The number of rotatable bonds is 8. The highest BCUT2D eigenvalue weighted by Crippen LogP contribution is 2.45. The van der Waals surface area contributed by atoms with Gasteiger partial charge in [0.05, 0.1) is 11.4 Å². The molecular formula is C23H21F4N5O. The van der Waals surface area contributed by atoms with Crippen LogP contribution in [0.1, 0.15) is 28.9 Å². The van der Waals surface area contributed by atoms with Crippen LogP contribution in [0.3, 0.4) is 0 Å². The van der Waals surface area contributed by atoms with Gasteiger partial charge in [0.15, 0.2) is 0 Å². The van der Waals surface area contributed by atoms with Crippen LogP contribution in [-0.4, -0.2) is 47.0 Å². The van der Waals surface area contributed by atoms with Crippen molar-refractivity contribution in [2.75, 3.05) is 25.1 Å². The molecule has 0 atom stereocenters. The molecule has 172 valence electrons. The van der Waals surface area contributed by atoms with Crippen molar-refractivity contribution in [1.29, 1.82) is 0 Å². The van der Waals surface area contributed by atoms with E-state index in [-0.39, 0.29) is 48.4 Å². The maximum Gasteiger partial charge on any atom is 0.251 e. The molecule has 1 fully saturated rings. The van der Waals surface area contributed by atoms with Gasteiger partial charge in [-0.3, -0.25) is 9.78 Å². The Kier molecular flexibility index (Phi) is 6.52. The molecule has 2 aromatic heterocycles. The maximum atomic E-state index is 14.3. The summed E-state index contributed by atoms with van der Waals surface area (Å²) < 4.78 is 54.6. The largest absolute Gasteiger partial charge is 0.368 e. The molecular weight excluding hydrogens is 438 g/mol.